The van der Waals surface area contributed by atoms with Gasteiger partial charge in [0, 0.05) is 0 Å². The lowest BCUT2D eigenvalue weighted by atomic mass is 9.81. The third-order valence-electron chi connectivity index (χ3n) is 3.64. The molecule has 0 aliphatic heterocycles. The van der Waals surface area contributed by atoms with Gasteiger partial charge in [-0.15, -0.1) is 0 Å². The highest BCUT2D eigenvalue weighted by atomic mass is 19.1. The lowest BCUT2D eigenvalue weighted by Gasteiger charge is -2.25. The van der Waals surface area contributed by atoms with Crippen LogP contribution < -0.4 is 0 Å². The van der Waals surface area contributed by atoms with Crippen molar-refractivity contribution in [3.8, 4) is 0 Å². The zero-order valence-electron chi connectivity index (χ0n) is 7.91. The molecule has 0 fully saturated rings. The molecular weight excluding hydrogens is 163 g/mol. The summed E-state index contributed by atoms with van der Waals surface area (Å²) < 4.78 is 13.8. The molecule has 0 N–H and O–H groups in total. The number of fused-ring (bicyclic) bond motifs is 2. The molecule has 0 radical (unpaired) electrons. The first kappa shape index (κ1) is 7.54. The van der Waals surface area contributed by atoms with E-state index in [1.807, 2.05) is 0 Å². The fourth-order valence-corrected chi connectivity index (χ4v) is 2.80. The molecule has 0 amide bonds. The zero-order valence-corrected chi connectivity index (χ0v) is 7.91. The van der Waals surface area contributed by atoms with Crippen LogP contribution in [0.1, 0.15) is 34.2 Å². The quantitative estimate of drug-likeness (QED) is 0.570. The van der Waals surface area contributed by atoms with Gasteiger partial charge in [0.15, 0.2) is 0 Å². The van der Waals surface area contributed by atoms with E-state index in [2.05, 4.69) is 6.92 Å². The van der Waals surface area contributed by atoms with Crippen LogP contribution in [0.2, 0.25) is 0 Å². The van der Waals surface area contributed by atoms with Gasteiger partial charge in [-0.25, -0.2) is 4.39 Å². The van der Waals surface area contributed by atoms with Crippen molar-refractivity contribution < 1.29 is 4.39 Å². The topological polar surface area (TPSA) is 0 Å². The van der Waals surface area contributed by atoms with E-state index >= 15 is 0 Å². The van der Waals surface area contributed by atoms with E-state index in [0.29, 0.717) is 0 Å². The molecule has 0 saturated carbocycles. The molecule has 13 heavy (non-hydrogen) atoms. The van der Waals surface area contributed by atoms with Gasteiger partial charge in [0.1, 0.15) is 5.82 Å². The molecule has 2 aliphatic carbocycles. The van der Waals surface area contributed by atoms with Crippen molar-refractivity contribution in [1.29, 1.82) is 0 Å². The number of halogens is 1. The monoisotopic (exact) mass is 176 g/mol. The average Bonchev–Trinajstić information content (AvgIpc) is 2.47. The Bertz CT molecular complexity index is 354. The summed E-state index contributed by atoms with van der Waals surface area (Å²) >= 11 is 0. The summed E-state index contributed by atoms with van der Waals surface area (Å²) in [6.07, 6.45) is 5.29. The van der Waals surface area contributed by atoms with Crippen LogP contribution in [0.5, 0.6) is 0 Å². The third-order valence-corrected chi connectivity index (χ3v) is 3.64. The van der Waals surface area contributed by atoms with E-state index in [1.54, 1.807) is 0 Å². The minimum absolute atomic E-state index is 0.138. The molecular formula is C12H13F. The summed E-state index contributed by atoms with van der Waals surface area (Å²) in [5.41, 5.74) is 6.11. The van der Waals surface area contributed by atoms with Crippen LogP contribution in [-0.4, -0.2) is 0 Å². The fraction of sp³-hybridized carbons (Fsp3) is 0.500. The molecule has 3 rings (SSSR count). The largest absolute Gasteiger partial charge is 0.206 e. The van der Waals surface area contributed by atoms with Crippen LogP contribution >= 0.6 is 0 Å². The highest BCUT2D eigenvalue weighted by molar-refractivity contribution is 5.52. The molecule has 0 heterocycles. The summed E-state index contributed by atoms with van der Waals surface area (Å²) in [5, 5.41) is 0. The van der Waals surface area contributed by atoms with Crippen molar-refractivity contribution in [2.45, 2.75) is 39.0 Å². The smallest absolute Gasteiger partial charge is 0.130 e. The zero-order chi connectivity index (χ0) is 9.00. The van der Waals surface area contributed by atoms with Crippen LogP contribution in [0.3, 0.4) is 0 Å². The fourth-order valence-electron chi connectivity index (χ4n) is 2.80. The predicted octanol–water partition coefficient (Wildman–Crippen LogP) is 2.72. The molecule has 0 nitrogen and oxygen atoms in total. The van der Waals surface area contributed by atoms with Crippen LogP contribution in [-0.2, 0) is 25.7 Å². The van der Waals surface area contributed by atoms with Gasteiger partial charge in [-0.2, -0.15) is 0 Å². The summed E-state index contributed by atoms with van der Waals surface area (Å²) in [4.78, 5) is 0. The third kappa shape index (κ3) is 0.800. The molecule has 1 aromatic rings. The Morgan fingerprint density at radius 3 is 2.08 bits per heavy atom. The summed E-state index contributed by atoms with van der Waals surface area (Å²) in [6.45, 7) is 2.17. The number of benzene rings is 1. The molecule has 0 unspecified atom stereocenters. The van der Waals surface area contributed by atoms with Gasteiger partial charge in [0.2, 0.25) is 0 Å². The second kappa shape index (κ2) is 2.34. The van der Waals surface area contributed by atoms with Gasteiger partial charge in [0.25, 0.3) is 0 Å². The highest BCUT2D eigenvalue weighted by Crippen LogP contribution is 2.38. The maximum atomic E-state index is 13.8. The second-order valence-corrected chi connectivity index (χ2v) is 4.21. The molecule has 1 aromatic carbocycles. The number of hydrogen-bond donors (Lipinski definition) is 0. The molecule has 0 atom stereocenters. The first-order valence-corrected chi connectivity index (χ1v) is 5.10. The van der Waals surface area contributed by atoms with Crippen LogP contribution in [0.4, 0.5) is 4.39 Å². The maximum Gasteiger partial charge on any atom is 0.130 e. The van der Waals surface area contributed by atoms with Gasteiger partial charge in [-0.3, -0.25) is 0 Å². The molecule has 0 spiro atoms. The Kier molecular flexibility index (Phi) is 1.36. The Morgan fingerprint density at radius 1 is 0.846 bits per heavy atom. The molecule has 0 bridgehead atoms. The van der Waals surface area contributed by atoms with E-state index in [0.717, 1.165) is 43.2 Å². The number of hydrogen-bond acceptors (Lipinski definition) is 0. The van der Waals surface area contributed by atoms with Crippen LogP contribution in [0, 0.1) is 12.7 Å². The first-order valence-electron chi connectivity index (χ1n) is 5.10. The van der Waals surface area contributed by atoms with Crippen molar-refractivity contribution >= 4 is 0 Å². The van der Waals surface area contributed by atoms with Gasteiger partial charge in [-0.05, 0) is 66.8 Å². The van der Waals surface area contributed by atoms with E-state index in [-0.39, 0.29) is 5.82 Å². The predicted molar refractivity (Wildman–Crippen MR) is 50.6 cm³/mol. The second-order valence-electron chi connectivity index (χ2n) is 4.21. The van der Waals surface area contributed by atoms with Crippen LogP contribution in [0.25, 0.3) is 0 Å². The molecule has 0 saturated heterocycles. The summed E-state index contributed by atoms with van der Waals surface area (Å²) in [6, 6.07) is 0. The van der Waals surface area contributed by atoms with Crippen LogP contribution in [0.15, 0.2) is 0 Å². The van der Waals surface area contributed by atoms with Crippen molar-refractivity contribution in [3.05, 3.63) is 33.6 Å². The lowest BCUT2D eigenvalue weighted by molar-refractivity contribution is 0.573. The van der Waals surface area contributed by atoms with Crippen molar-refractivity contribution in [2.24, 2.45) is 0 Å². The minimum atomic E-state index is 0.138. The Hall–Kier alpha value is -0.850. The lowest BCUT2D eigenvalue weighted by Crippen LogP contribution is -2.16. The highest BCUT2D eigenvalue weighted by Gasteiger charge is 2.28. The molecule has 68 valence electrons. The van der Waals surface area contributed by atoms with E-state index < -0.39 is 0 Å². The first-order chi connectivity index (χ1) is 6.29. The Labute approximate surface area is 77.8 Å². The van der Waals surface area contributed by atoms with Gasteiger partial charge < -0.3 is 0 Å². The van der Waals surface area contributed by atoms with Crippen molar-refractivity contribution in [1.82, 2.24) is 0 Å². The maximum absolute atomic E-state index is 13.8. The molecule has 2 aliphatic rings. The molecule has 0 aromatic heterocycles. The van der Waals surface area contributed by atoms with E-state index in [1.165, 1.54) is 16.7 Å². The number of rotatable bonds is 0. The Morgan fingerprint density at radius 2 is 1.38 bits per heavy atom. The minimum Gasteiger partial charge on any atom is -0.206 e. The standard InChI is InChI=1S/C12H13F/c1-7-8-3-2-4-10(8)12(13)11-6-5-9(7)11/h2-6H2,1H3. The van der Waals surface area contributed by atoms with Gasteiger partial charge in [-0.1, -0.05) is 0 Å². The van der Waals surface area contributed by atoms with E-state index in [9.17, 15) is 4.39 Å². The summed E-state index contributed by atoms with van der Waals surface area (Å²) in [7, 11) is 0. The normalized spacial score (nSPS) is 18.0. The SMILES string of the molecule is Cc1c2c(c(F)c3c1CC3)CCC2. The summed E-state index contributed by atoms with van der Waals surface area (Å²) in [5.74, 6) is 0.138. The van der Waals surface area contributed by atoms with Gasteiger partial charge in [0.05, 0.1) is 0 Å². The average molecular weight is 176 g/mol. The molecule has 1 heteroatoms. The van der Waals surface area contributed by atoms with Gasteiger partial charge >= 0.3 is 0 Å². The van der Waals surface area contributed by atoms with Crippen molar-refractivity contribution in [3.63, 3.8) is 0 Å². The van der Waals surface area contributed by atoms with Crippen molar-refractivity contribution in [2.75, 3.05) is 0 Å². The Balaban J connectivity index is 2.35. The van der Waals surface area contributed by atoms with E-state index in [4.69, 9.17) is 0 Å².